The summed E-state index contributed by atoms with van der Waals surface area (Å²) in [5, 5.41) is 27.2. The lowest BCUT2D eigenvalue weighted by atomic mass is 10.0. The molecule has 0 saturated carbocycles. The number of hydrogen-bond donors (Lipinski definition) is 3. The zero-order valence-corrected chi connectivity index (χ0v) is 7.99. The number of esters is 1. The predicted octanol–water partition coefficient (Wildman–Crippen LogP) is -1.53. The van der Waals surface area contributed by atoms with Gasteiger partial charge in [0.1, 0.15) is 6.10 Å². The molecule has 0 bridgehead atoms. The van der Waals surface area contributed by atoms with Crippen molar-refractivity contribution in [3.8, 4) is 0 Å². The molecular weight excluding hydrogens is 208 g/mol. The van der Waals surface area contributed by atoms with Crippen LogP contribution in [0.25, 0.3) is 0 Å². The third-order valence-corrected chi connectivity index (χ3v) is 1.95. The topological polar surface area (TPSA) is 113 Å². The first kappa shape index (κ1) is 11.9. The molecule has 0 aromatic carbocycles. The SMILES string of the molecule is CC(=O)O[C@@H]1O[C@H](C(=O)O)C(O)CC1O. The first-order valence-electron chi connectivity index (χ1n) is 4.33. The maximum atomic E-state index is 10.6. The number of carboxylic acids is 1. The highest BCUT2D eigenvalue weighted by molar-refractivity contribution is 5.73. The van der Waals surface area contributed by atoms with E-state index in [1.165, 1.54) is 0 Å². The fourth-order valence-electron chi connectivity index (χ4n) is 1.30. The van der Waals surface area contributed by atoms with E-state index >= 15 is 0 Å². The van der Waals surface area contributed by atoms with Gasteiger partial charge in [-0.3, -0.25) is 4.79 Å². The number of aliphatic hydroxyl groups is 2. The Morgan fingerprint density at radius 2 is 1.93 bits per heavy atom. The van der Waals surface area contributed by atoms with Crippen molar-refractivity contribution in [2.75, 3.05) is 0 Å². The fraction of sp³-hybridized carbons (Fsp3) is 0.750. The first-order valence-corrected chi connectivity index (χ1v) is 4.33. The van der Waals surface area contributed by atoms with E-state index < -0.39 is 36.5 Å². The summed E-state index contributed by atoms with van der Waals surface area (Å²) in [4.78, 5) is 21.2. The van der Waals surface area contributed by atoms with Gasteiger partial charge in [0.05, 0.1) is 6.10 Å². The van der Waals surface area contributed by atoms with Crippen LogP contribution >= 0.6 is 0 Å². The smallest absolute Gasteiger partial charge is 0.335 e. The highest BCUT2D eigenvalue weighted by Gasteiger charge is 2.41. The van der Waals surface area contributed by atoms with E-state index in [9.17, 15) is 19.8 Å². The number of aliphatic carboxylic acids is 1. The molecule has 0 amide bonds. The summed E-state index contributed by atoms with van der Waals surface area (Å²) in [6.07, 6.45) is -5.58. The summed E-state index contributed by atoms with van der Waals surface area (Å²) in [6, 6.07) is 0. The van der Waals surface area contributed by atoms with Crippen molar-refractivity contribution in [1.82, 2.24) is 0 Å². The Hall–Kier alpha value is -1.18. The molecule has 0 spiro atoms. The van der Waals surface area contributed by atoms with Crippen molar-refractivity contribution in [2.45, 2.75) is 37.9 Å². The van der Waals surface area contributed by atoms with Crippen molar-refractivity contribution in [3.63, 3.8) is 0 Å². The van der Waals surface area contributed by atoms with E-state index in [0.717, 1.165) is 6.92 Å². The normalized spacial score (nSPS) is 35.9. The van der Waals surface area contributed by atoms with E-state index in [-0.39, 0.29) is 6.42 Å². The minimum atomic E-state index is -1.49. The van der Waals surface area contributed by atoms with E-state index in [4.69, 9.17) is 9.84 Å². The molecule has 0 aliphatic carbocycles. The molecule has 1 aliphatic rings. The number of carboxylic acid groups (broad SMARTS) is 1. The van der Waals surface area contributed by atoms with Gasteiger partial charge in [0.25, 0.3) is 0 Å². The minimum Gasteiger partial charge on any atom is -0.479 e. The summed E-state index contributed by atoms with van der Waals surface area (Å²) in [6.45, 7) is 1.11. The van der Waals surface area contributed by atoms with E-state index in [0.29, 0.717) is 0 Å². The summed E-state index contributed by atoms with van der Waals surface area (Å²) in [5.41, 5.74) is 0. The average Bonchev–Trinajstić information content (AvgIpc) is 2.08. The second-order valence-corrected chi connectivity index (χ2v) is 3.24. The number of hydrogen-bond acceptors (Lipinski definition) is 6. The van der Waals surface area contributed by atoms with Crippen molar-refractivity contribution in [2.24, 2.45) is 0 Å². The molecule has 0 radical (unpaired) electrons. The van der Waals surface area contributed by atoms with Gasteiger partial charge in [0.2, 0.25) is 6.29 Å². The summed E-state index contributed by atoms with van der Waals surface area (Å²) < 4.78 is 9.29. The van der Waals surface area contributed by atoms with Gasteiger partial charge < -0.3 is 24.8 Å². The molecule has 1 aliphatic heterocycles. The van der Waals surface area contributed by atoms with Crippen LogP contribution in [0.4, 0.5) is 0 Å². The van der Waals surface area contributed by atoms with Crippen LogP contribution in [0, 0.1) is 0 Å². The van der Waals surface area contributed by atoms with Gasteiger partial charge in [-0.1, -0.05) is 0 Å². The summed E-state index contributed by atoms with van der Waals surface area (Å²) >= 11 is 0. The zero-order chi connectivity index (χ0) is 11.6. The standard InChI is InChI=1S/C8H12O7/c1-3(9)14-8-5(11)2-4(10)6(15-8)7(12)13/h4-6,8,10-11H,2H2,1H3,(H,12,13)/t4?,5?,6-,8+/m0/s1. The minimum absolute atomic E-state index is 0.213. The van der Waals surface area contributed by atoms with Gasteiger partial charge in [-0.15, -0.1) is 0 Å². The highest BCUT2D eigenvalue weighted by atomic mass is 16.7. The van der Waals surface area contributed by atoms with E-state index in [2.05, 4.69) is 4.74 Å². The predicted molar refractivity (Wildman–Crippen MR) is 44.7 cm³/mol. The van der Waals surface area contributed by atoms with Gasteiger partial charge in [0.15, 0.2) is 6.10 Å². The molecule has 7 heteroatoms. The zero-order valence-electron chi connectivity index (χ0n) is 7.99. The fourth-order valence-corrected chi connectivity index (χ4v) is 1.30. The van der Waals surface area contributed by atoms with Crippen LogP contribution in [-0.4, -0.2) is 51.9 Å². The van der Waals surface area contributed by atoms with Gasteiger partial charge in [-0.25, -0.2) is 4.79 Å². The Kier molecular flexibility index (Phi) is 3.61. The molecule has 1 saturated heterocycles. The quantitative estimate of drug-likeness (QED) is 0.484. The molecule has 0 aromatic heterocycles. The molecule has 1 heterocycles. The first-order chi connectivity index (χ1) is 6.91. The summed E-state index contributed by atoms with van der Waals surface area (Å²) in [5.74, 6) is -2.06. The Bertz CT molecular complexity index is 264. The largest absolute Gasteiger partial charge is 0.479 e. The molecule has 7 nitrogen and oxygen atoms in total. The second-order valence-electron chi connectivity index (χ2n) is 3.24. The number of aliphatic hydroxyl groups excluding tert-OH is 2. The monoisotopic (exact) mass is 220 g/mol. The lowest BCUT2D eigenvalue weighted by Gasteiger charge is -2.34. The molecule has 4 atom stereocenters. The Labute approximate surface area is 85.2 Å². The van der Waals surface area contributed by atoms with Crippen molar-refractivity contribution >= 4 is 11.9 Å². The van der Waals surface area contributed by atoms with Crippen LogP contribution in [0.3, 0.4) is 0 Å². The summed E-state index contributed by atoms with van der Waals surface area (Å²) in [7, 11) is 0. The Morgan fingerprint density at radius 3 is 2.40 bits per heavy atom. The van der Waals surface area contributed by atoms with Gasteiger partial charge in [-0.2, -0.15) is 0 Å². The van der Waals surface area contributed by atoms with Gasteiger partial charge in [0, 0.05) is 13.3 Å². The van der Waals surface area contributed by atoms with Crippen LogP contribution in [0.15, 0.2) is 0 Å². The van der Waals surface area contributed by atoms with Crippen molar-refractivity contribution < 1.29 is 34.4 Å². The third kappa shape index (κ3) is 2.88. The highest BCUT2D eigenvalue weighted by Crippen LogP contribution is 2.21. The average molecular weight is 220 g/mol. The van der Waals surface area contributed by atoms with Crippen LogP contribution in [0.2, 0.25) is 0 Å². The number of carbonyl (C=O) groups excluding carboxylic acids is 1. The van der Waals surface area contributed by atoms with Crippen LogP contribution < -0.4 is 0 Å². The van der Waals surface area contributed by atoms with Crippen LogP contribution in [-0.2, 0) is 19.1 Å². The molecule has 2 unspecified atom stereocenters. The molecule has 15 heavy (non-hydrogen) atoms. The molecule has 1 rings (SSSR count). The molecule has 3 N–H and O–H groups in total. The third-order valence-electron chi connectivity index (χ3n) is 1.95. The Morgan fingerprint density at radius 1 is 1.33 bits per heavy atom. The maximum absolute atomic E-state index is 10.6. The Balaban J connectivity index is 2.66. The molecule has 86 valence electrons. The van der Waals surface area contributed by atoms with Crippen LogP contribution in [0.1, 0.15) is 13.3 Å². The second kappa shape index (κ2) is 4.56. The number of ether oxygens (including phenoxy) is 2. The van der Waals surface area contributed by atoms with Gasteiger partial charge >= 0.3 is 11.9 Å². The van der Waals surface area contributed by atoms with Crippen molar-refractivity contribution in [3.05, 3.63) is 0 Å². The van der Waals surface area contributed by atoms with Crippen molar-refractivity contribution in [1.29, 1.82) is 0 Å². The lowest BCUT2D eigenvalue weighted by Crippen LogP contribution is -2.51. The molecule has 1 fully saturated rings. The lowest BCUT2D eigenvalue weighted by molar-refractivity contribution is -0.257. The molecule has 0 aromatic rings. The maximum Gasteiger partial charge on any atom is 0.335 e. The van der Waals surface area contributed by atoms with E-state index in [1.807, 2.05) is 0 Å². The van der Waals surface area contributed by atoms with Gasteiger partial charge in [-0.05, 0) is 0 Å². The van der Waals surface area contributed by atoms with Crippen LogP contribution in [0.5, 0.6) is 0 Å². The number of carbonyl (C=O) groups is 2. The van der Waals surface area contributed by atoms with E-state index in [1.54, 1.807) is 0 Å². The molecular formula is C8H12O7. The number of rotatable bonds is 2.